The Morgan fingerprint density at radius 2 is 1.96 bits per heavy atom. The third kappa shape index (κ3) is 5.65. The third-order valence-electron chi connectivity index (χ3n) is 4.31. The monoisotopic (exact) mass is 373 g/mol. The molecule has 0 aliphatic carbocycles. The van der Waals surface area contributed by atoms with Gasteiger partial charge in [-0.05, 0) is 50.6 Å². The fourth-order valence-corrected chi connectivity index (χ4v) is 2.75. The van der Waals surface area contributed by atoms with E-state index in [1.807, 2.05) is 32.0 Å². The summed E-state index contributed by atoms with van der Waals surface area (Å²) >= 11 is 0. The SMILES string of the molecule is CCOCCCN(CC(C)C(=O)O)C(=O)c1ccc(-n2nccc2C)cc1. The number of aromatic nitrogens is 2. The summed E-state index contributed by atoms with van der Waals surface area (Å²) in [5, 5.41) is 13.4. The van der Waals surface area contributed by atoms with Gasteiger partial charge in [0.05, 0.1) is 11.6 Å². The van der Waals surface area contributed by atoms with Gasteiger partial charge < -0.3 is 14.7 Å². The van der Waals surface area contributed by atoms with Gasteiger partial charge in [-0.25, -0.2) is 4.68 Å². The first-order valence-corrected chi connectivity index (χ1v) is 9.15. The summed E-state index contributed by atoms with van der Waals surface area (Å²) in [6, 6.07) is 9.09. The molecule has 7 heteroatoms. The highest BCUT2D eigenvalue weighted by Crippen LogP contribution is 2.14. The van der Waals surface area contributed by atoms with Crippen molar-refractivity contribution >= 4 is 11.9 Å². The van der Waals surface area contributed by atoms with Crippen molar-refractivity contribution in [3.8, 4) is 5.69 Å². The molecule has 0 spiro atoms. The van der Waals surface area contributed by atoms with E-state index in [-0.39, 0.29) is 12.5 Å². The molecule has 1 heterocycles. The molecule has 1 atom stereocenters. The smallest absolute Gasteiger partial charge is 0.308 e. The van der Waals surface area contributed by atoms with Crippen molar-refractivity contribution in [2.24, 2.45) is 5.92 Å². The lowest BCUT2D eigenvalue weighted by Crippen LogP contribution is -2.38. The molecule has 1 amide bonds. The van der Waals surface area contributed by atoms with Gasteiger partial charge in [-0.2, -0.15) is 5.10 Å². The largest absolute Gasteiger partial charge is 0.481 e. The normalized spacial score (nSPS) is 12.0. The first-order valence-electron chi connectivity index (χ1n) is 9.15. The van der Waals surface area contributed by atoms with Crippen LogP contribution in [0.2, 0.25) is 0 Å². The predicted octanol–water partition coefficient (Wildman–Crippen LogP) is 2.77. The molecule has 0 saturated heterocycles. The second-order valence-electron chi connectivity index (χ2n) is 6.47. The number of nitrogens with zero attached hydrogens (tertiary/aromatic N) is 3. The second kappa shape index (κ2) is 9.87. The van der Waals surface area contributed by atoms with Crippen LogP contribution < -0.4 is 0 Å². The van der Waals surface area contributed by atoms with Crippen LogP contribution in [0.1, 0.15) is 36.3 Å². The maximum atomic E-state index is 12.9. The lowest BCUT2D eigenvalue weighted by Gasteiger charge is -2.25. The molecule has 1 unspecified atom stereocenters. The van der Waals surface area contributed by atoms with E-state index in [1.165, 1.54) is 0 Å². The fraction of sp³-hybridized carbons (Fsp3) is 0.450. The number of ether oxygens (including phenoxy) is 1. The summed E-state index contributed by atoms with van der Waals surface area (Å²) in [5.41, 5.74) is 2.40. The van der Waals surface area contributed by atoms with Crippen LogP contribution >= 0.6 is 0 Å². The Hall–Kier alpha value is -2.67. The van der Waals surface area contributed by atoms with Gasteiger partial charge in [-0.1, -0.05) is 6.92 Å². The molecule has 1 N–H and O–H groups in total. The lowest BCUT2D eigenvalue weighted by molar-refractivity contribution is -0.141. The van der Waals surface area contributed by atoms with Gasteiger partial charge in [0, 0.05) is 43.8 Å². The number of carbonyl (C=O) groups is 2. The minimum atomic E-state index is -0.915. The maximum absolute atomic E-state index is 12.9. The highest BCUT2D eigenvalue weighted by molar-refractivity contribution is 5.94. The van der Waals surface area contributed by atoms with E-state index in [0.29, 0.717) is 31.7 Å². The Labute approximate surface area is 159 Å². The molecular weight excluding hydrogens is 346 g/mol. The Morgan fingerprint density at radius 3 is 2.52 bits per heavy atom. The molecular formula is C20H27N3O4. The Kier molecular flexibility index (Phi) is 7.55. The molecule has 27 heavy (non-hydrogen) atoms. The second-order valence-corrected chi connectivity index (χ2v) is 6.47. The van der Waals surface area contributed by atoms with Gasteiger partial charge in [0.15, 0.2) is 0 Å². The average molecular weight is 373 g/mol. The van der Waals surface area contributed by atoms with Crippen LogP contribution in [0.15, 0.2) is 36.5 Å². The number of carboxylic acids is 1. The highest BCUT2D eigenvalue weighted by Gasteiger charge is 2.21. The van der Waals surface area contributed by atoms with E-state index in [0.717, 1.165) is 11.4 Å². The zero-order valence-electron chi connectivity index (χ0n) is 16.1. The van der Waals surface area contributed by atoms with Crippen molar-refractivity contribution in [1.82, 2.24) is 14.7 Å². The van der Waals surface area contributed by atoms with Crippen molar-refractivity contribution < 1.29 is 19.4 Å². The van der Waals surface area contributed by atoms with Gasteiger partial charge in [0.1, 0.15) is 0 Å². The van der Waals surface area contributed by atoms with E-state index in [1.54, 1.807) is 34.8 Å². The molecule has 0 fully saturated rings. The van der Waals surface area contributed by atoms with Gasteiger partial charge in [-0.15, -0.1) is 0 Å². The first-order chi connectivity index (χ1) is 12.9. The predicted molar refractivity (Wildman–Crippen MR) is 102 cm³/mol. The van der Waals surface area contributed by atoms with Crippen LogP contribution in [0.5, 0.6) is 0 Å². The lowest BCUT2D eigenvalue weighted by atomic mass is 10.1. The van der Waals surface area contributed by atoms with Crippen molar-refractivity contribution in [1.29, 1.82) is 0 Å². The zero-order valence-corrected chi connectivity index (χ0v) is 16.1. The number of hydrogen-bond donors (Lipinski definition) is 1. The summed E-state index contributed by atoms with van der Waals surface area (Å²) in [6.07, 6.45) is 2.39. The molecule has 2 aromatic rings. The molecule has 0 aliphatic heterocycles. The van der Waals surface area contributed by atoms with Crippen LogP contribution in [0.3, 0.4) is 0 Å². The minimum absolute atomic E-state index is 0.167. The molecule has 7 nitrogen and oxygen atoms in total. The van der Waals surface area contributed by atoms with E-state index in [4.69, 9.17) is 4.74 Å². The van der Waals surface area contributed by atoms with Crippen molar-refractivity contribution in [2.45, 2.75) is 27.2 Å². The van der Waals surface area contributed by atoms with Crippen molar-refractivity contribution in [3.05, 3.63) is 47.8 Å². The molecule has 0 radical (unpaired) electrons. The molecule has 1 aromatic heterocycles. The van der Waals surface area contributed by atoms with E-state index in [2.05, 4.69) is 5.10 Å². The number of aryl methyl sites for hydroxylation is 1. The topological polar surface area (TPSA) is 84.7 Å². The van der Waals surface area contributed by atoms with E-state index < -0.39 is 11.9 Å². The van der Waals surface area contributed by atoms with Gasteiger partial charge >= 0.3 is 5.97 Å². The van der Waals surface area contributed by atoms with Crippen LogP contribution in [0, 0.1) is 12.8 Å². The summed E-state index contributed by atoms with van der Waals surface area (Å²) in [6.45, 7) is 7.26. The van der Waals surface area contributed by atoms with Crippen molar-refractivity contribution in [3.63, 3.8) is 0 Å². The van der Waals surface area contributed by atoms with Crippen molar-refractivity contribution in [2.75, 3.05) is 26.3 Å². The van der Waals surface area contributed by atoms with Crippen LogP contribution in [-0.4, -0.2) is 58.0 Å². The zero-order chi connectivity index (χ0) is 19.8. The summed E-state index contributed by atoms with van der Waals surface area (Å²) in [4.78, 5) is 25.7. The first kappa shape index (κ1) is 20.6. The number of amides is 1. The molecule has 0 bridgehead atoms. The summed E-state index contributed by atoms with van der Waals surface area (Å²) in [7, 11) is 0. The molecule has 2 rings (SSSR count). The van der Waals surface area contributed by atoms with E-state index >= 15 is 0 Å². The standard InChI is InChI=1S/C20H27N3O4/c1-4-27-13-5-12-22(14-15(2)20(25)26)19(24)17-6-8-18(9-7-17)23-16(3)10-11-21-23/h6-11,15H,4-5,12-14H2,1-3H3,(H,25,26). The fourth-order valence-electron chi connectivity index (χ4n) is 2.75. The molecule has 1 aromatic carbocycles. The van der Waals surface area contributed by atoms with Gasteiger partial charge in [0.2, 0.25) is 0 Å². The molecule has 0 saturated carbocycles. The van der Waals surface area contributed by atoms with Crippen LogP contribution in [-0.2, 0) is 9.53 Å². The Bertz CT molecular complexity index is 755. The number of carboxylic acid groups (broad SMARTS) is 1. The minimum Gasteiger partial charge on any atom is -0.481 e. The Balaban J connectivity index is 2.12. The quantitative estimate of drug-likeness (QED) is 0.647. The van der Waals surface area contributed by atoms with Gasteiger partial charge in [0.25, 0.3) is 5.91 Å². The number of carbonyl (C=O) groups excluding carboxylic acids is 1. The van der Waals surface area contributed by atoms with Gasteiger partial charge in [-0.3, -0.25) is 9.59 Å². The molecule has 0 aliphatic rings. The number of rotatable bonds is 10. The van der Waals surface area contributed by atoms with E-state index in [9.17, 15) is 14.7 Å². The number of benzene rings is 1. The third-order valence-corrected chi connectivity index (χ3v) is 4.31. The Morgan fingerprint density at radius 1 is 1.26 bits per heavy atom. The summed E-state index contributed by atoms with van der Waals surface area (Å²) < 4.78 is 7.12. The average Bonchev–Trinajstić information content (AvgIpc) is 3.09. The van der Waals surface area contributed by atoms with Crippen LogP contribution in [0.4, 0.5) is 0 Å². The summed E-state index contributed by atoms with van der Waals surface area (Å²) in [5.74, 6) is -1.72. The maximum Gasteiger partial charge on any atom is 0.308 e. The van der Waals surface area contributed by atoms with Crippen LogP contribution in [0.25, 0.3) is 5.69 Å². The highest BCUT2D eigenvalue weighted by atomic mass is 16.5. The number of hydrogen-bond acceptors (Lipinski definition) is 4. The number of aliphatic carboxylic acids is 1. The molecule has 146 valence electrons.